The number of benzene rings is 1. The van der Waals surface area contributed by atoms with Gasteiger partial charge in [0, 0.05) is 43.9 Å². The van der Waals surface area contributed by atoms with Crippen LogP contribution in [0.4, 0.5) is 4.79 Å². The summed E-state index contributed by atoms with van der Waals surface area (Å²) in [5.74, 6) is 0.510. The monoisotopic (exact) mass is 445 g/mol. The maximum atomic E-state index is 12.7. The molecular weight excluding hydrogens is 414 g/mol. The van der Waals surface area contributed by atoms with E-state index in [1.807, 2.05) is 32.9 Å². The number of rotatable bonds is 6. The van der Waals surface area contributed by atoms with Gasteiger partial charge in [0.05, 0.1) is 6.20 Å². The Morgan fingerprint density at radius 2 is 1.81 bits per heavy atom. The lowest BCUT2D eigenvalue weighted by Gasteiger charge is -2.34. The molecule has 1 N–H and O–H groups in total. The van der Waals surface area contributed by atoms with Gasteiger partial charge in [-0.2, -0.15) is 0 Å². The van der Waals surface area contributed by atoms with Crippen LogP contribution in [-0.2, 0) is 16.1 Å². The summed E-state index contributed by atoms with van der Waals surface area (Å²) in [6.07, 6.45) is 2.16. The predicted molar refractivity (Wildman–Crippen MR) is 117 cm³/mol. The lowest BCUT2D eigenvalue weighted by Crippen LogP contribution is -2.48. The standard InChI is InChI=1S/C23H31N3O6/c1-22(2,3)32-20(27)23(4,5)31-18-14-16(19-24-8-13-30-19)6-7-17(18)15-25-9-11-26(12-10-25)21(28)29/h6-8,13-14H,9-12,15H2,1-5H3,(H,28,29). The number of ether oxygens (including phenoxy) is 2. The molecule has 0 radical (unpaired) electrons. The number of piperazine rings is 1. The Hall–Kier alpha value is -3.07. The Kier molecular flexibility index (Phi) is 6.78. The van der Waals surface area contributed by atoms with Crippen molar-refractivity contribution in [2.24, 2.45) is 0 Å². The third-order valence-corrected chi connectivity index (χ3v) is 5.04. The van der Waals surface area contributed by atoms with E-state index in [-0.39, 0.29) is 0 Å². The molecule has 3 rings (SSSR count). The van der Waals surface area contributed by atoms with Crippen molar-refractivity contribution in [1.29, 1.82) is 0 Å². The van der Waals surface area contributed by atoms with Crippen molar-refractivity contribution < 1.29 is 28.6 Å². The molecule has 9 heteroatoms. The van der Waals surface area contributed by atoms with Gasteiger partial charge in [0.2, 0.25) is 5.89 Å². The van der Waals surface area contributed by atoms with E-state index in [9.17, 15) is 9.59 Å². The Bertz CT molecular complexity index is 941. The molecule has 174 valence electrons. The number of amides is 1. The highest BCUT2D eigenvalue weighted by atomic mass is 16.6. The Balaban J connectivity index is 1.84. The van der Waals surface area contributed by atoms with E-state index < -0.39 is 23.3 Å². The molecule has 1 amide bonds. The van der Waals surface area contributed by atoms with Gasteiger partial charge in [-0.3, -0.25) is 4.90 Å². The van der Waals surface area contributed by atoms with E-state index >= 15 is 0 Å². The summed E-state index contributed by atoms with van der Waals surface area (Å²) >= 11 is 0. The Labute approximate surface area is 187 Å². The predicted octanol–water partition coefficient (Wildman–Crippen LogP) is 3.64. The number of oxazole rings is 1. The maximum Gasteiger partial charge on any atom is 0.407 e. The zero-order valence-corrected chi connectivity index (χ0v) is 19.3. The van der Waals surface area contributed by atoms with Gasteiger partial charge >= 0.3 is 12.1 Å². The smallest absolute Gasteiger partial charge is 0.407 e. The molecule has 2 aromatic rings. The number of esters is 1. The lowest BCUT2D eigenvalue weighted by atomic mass is 10.1. The second-order valence-electron chi connectivity index (χ2n) is 9.32. The van der Waals surface area contributed by atoms with Crippen LogP contribution in [0.15, 0.2) is 35.1 Å². The number of hydrogen-bond acceptors (Lipinski definition) is 7. The van der Waals surface area contributed by atoms with Gasteiger partial charge in [-0.1, -0.05) is 6.07 Å². The number of hydrogen-bond donors (Lipinski definition) is 1. The average molecular weight is 446 g/mol. The molecular formula is C23H31N3O6. The van der Waals surface area contributed by atoms with Crippen LogP contribution in [0, 0.1) is 0 Å². The molecule has 2 heterocycles. The first-order valence-corrected chi connectivity index (χ1v) is 10.6. The first-order chi connectivity index (χ1) is 14.9. The van der Waals surface area contributed by atoms with Crippen molar-refractivity contribution in [2.75, 3.05) is 26.2 Å². The van der Waals surface area contributed by atoms with Crippen LogP contribution in [-0.4, -0.2) is 69.3 Å². The van der Waals surface area contributed by atoms with E-state index in [1.54, 1.807) is 26.1 Å². The highest BCUT2D eigenvalue weighted by molar-refractivity contribution is 5.79. The molecule has 0 spiro atoms. The van der Waals surface area contributed by atoms with Crippen LogP contribution >= 0.6 is 0 Å². The van der Waals surface area contributed by atoms with Crippen molar-refractivity contribution in [3.05, 3.63) is 36.2 Å². The average Bonchev–Trinajstić information content (AvgIpc) is 3.23. The van der Waals surface area contributed by atoms with Crippen molar-refractivity contribution in [3.8, 4) is 17.2 Å². The van der Waals surface area contributed by atoms with Crippen LogP contribution < -0.4 is 4.74 Å². The number of nitrogens with zero attached hydrogens (tertiary/aromatic N) is 3. The lowest BCUT2D eigenvalue weighted by molar-refractivity contribution is -0.171. The van der Waals surface area contributed by atoms with Crippen molar-refractivity contribution >= 4 is 12.1 Å². The van der Waals surface area contributed by atoms with Crippen LogP contribution in [0.2, 0.25) is 0 Å². The molecule has 0 atom stereocenters. The molecule has 0 aliphatic carbocycles. The largest absolute Gasteiger partial charge is 0.476 e. The summed E-state index contributed by atoms with van der Waals surface area (Å²) in [5.41, 5.74) is -0.256. The van der Waals surface area contributed by atoms with Crippen LogP contribution in [0.3, 0.4) is 0 Å². The highest BCUT2D eigenvalue weighted by Gasteiger charge is 2.35. The summed E-state index contributed by atoms with van der Waals surface area (Å²) in [4.78, 5) is 31.7. The summed E-state index contributed by atoms with van der Waals surface area (Å²) in [6, 6.07) is 5.62. The zero-order chi connectivity index (χ0) is 23.5. The molecule has 1 saturated heterocycles. The second kappa shape index (κ2) is 9.20. The van der Waals surface area contributed by atoms with E-state index in [0.29, 0.717) is 44.4 Å². The molecule has 1 aliphatic heterocycles. The fraction of sp³-hybridized carbons (Fsp3) is 0.522. The van der Waals surface area contributed by atoms with Gasteiger partial charge in [-0.15, -0.1) is 0 Å². The third-order valence-electron chi connectivity index (χ3n) is 5.04. The van der Waals surface area contributed by atoms with E-state index in [4.69, 9.17) is 19.0 Å². The zero-order valence-electron chi connectivity index (χ0n) is 19.3. The van der Waals surface area contributed by atoms with Crippen LogP contribution in [0.25, 0.3) is 11.5 Å². The van der Waals surface area contributed by atoms with Gasteiger partial charge in [0.25, 0.3) is 0 Å². The highest BCUT2D eigenvalue weighted by Crippen LogP contribution is 2.31. The Morgan fingerprint density at radius 3 is 2.38 bits per heavy atom. The van der Waals surface area contributed by atoms with Crippen molar-refractivity contribution in [3.63, 3.8) is 0 Å². The first kappa shape index (κ1) is 23.6. The van der Waals surface area contributed by atoms with Gasteiger partial charge < -0.3 is 23.9 Å². The van der Waals surface area contributed by atoms with Crippen LogP contribution in [0.5, 0.6) is 5.75 Å². The number of aromatic nitrogens is 1. The number of carbonyl (C=O) groups is 2. The quantitative estimate of drug-likeness (QED) is 0.672. The van der Waals surface area contributed by atoms with Gasteiger partial charge in [-0.25, -0.2) is 14.6 Å². The van der Waals surface area contributed by atoms with Gasteiger partial charge in [-0.05, 0) is 46.8 Å². The van der Waals surface area contributed by atoms with Crippen molar-refractivity contribution in [2.45, 2.75) is 52.4 Å². The first-order valence-electron chi connectivity index (χ1n) is 10.6. The van der Waals surface area contributed by atoms with Crippen LogP contribution in [0.1, 0.15) is 40.2 Å². The molecule has 1 fully saturated rings. The van der Waals surface area contributed by atoms with Gasteiger partial charge in [0.1, 0.15) is 17.6 Å². The Morgan fingerprint density at radius 1 is 1.12 bits per heavy atom. The minimum Gasteiger partial charge on any atom is -0.476 e. The minimum atomic E-state index is -1.22. The summed E-state index contributed by atoms with van der Waals surface area (Å²) in [5, 5.41) is 9.17. The second-order valence-corrected chi connectivity index (χ2v) is 9.32. The minimum absolute atomic E-state index is 0.448. The summed E-state index contributed by atoms with van der Waals surface area (Å²) in [7, 11) is 0. The molecule has 1 aromatic heterocycles. The normalized spacial score (nSPS) is 15.5. The fourth-order valence-electron chi connectivity index (χ4n) is 3.33. The molecule has 32 heavy (non-hydrogen) atoms. The fourth-order valence-corrected chi connectivity index (χ4v) is 3.33. The van der Waals surface area contributed by atoms with E-state index in [0.717, 1.165) is 11.1 Å². The molecule has 1 aliphatic rings. The van der Waals surface area contributed by atoms with E-state index in [1.165, 1.54) is 11.2 Å². The number of carbonyl (C=O) groups excluding carboxylic acids is 1. The molecule has 0 bridgehead atoms. The topological polar surface area (TPSA) is 105 Å². The van der Waals surface area contributed by atoms with E-state index in [2.05, 4.69) is 9.88 Å². The molecule has 0 saturated carbocycles. The summed E-state index contributed by atoms with van der Waals surface area (Å²) in [6.45, 7) is 11.5. The maximum absolute atomic E-state index is 12.7. The van der Waals surface area contributed by atoms with Crippen molar-refractivity contribution in [1.82, 2.24) is 14.8 Å². The third kappa shape index (κ3) is 6.00. The molecule has 9 nitrogen and oxygen atoms in total. The number of carboxylic acid groups (broad SMARTS) is 1. The molecule has 1 aromatic carbocycles. The molecule has 0 unspecified atom stereocenters. The van der Waals surface area contributed by atoms with Gasteiger partial charge in [0.15, 0.2) is 5.60 Å². The summed E-state index contributed by atoms with van der Waals surface area (Å²) < 4.78 is 17.2. The SMILES string of the molecule is CC(C)(C)OC(=O)C(C)(C)Oc1cc(-c2ncco2)ccc1CN1CCN(C(=O)O)CC1.